The Morgan fingerprint density at radius 2 is 2.06 bits per heavy atom. The molecule has 0 unspecified atom stereocenters. The van der Waals surface area contributed by atoms with Crippen molar-refractivity contribution in [1.82, 2.24) is 0 Å². The van der Waals surface area contributed by atoms with Crippen LogP contribution in [-0.4, -0.2) is 30.8 Å². The molecule has 0 heterocycles. The molecule has 90 valence electrons. The molecule has 0 atom stereocenters. The zero-order chi connectivity index (χ0) is 12.6. The van der Waals surface area contributed by atoms with E-state index in [0.29, 0.717) is 6.42 Å². The number of carboxylic acid groups (broad SMARTS) is 1. The van der Waals surface area contributed by atoms with Crippen LogP contribution in [0.4, 0.5) is 0 Å². The first-order valence-corrected chi connectivity index (χ1v) is 4.86. The highest BCUT2D eigenvalue weighted by atomic mass is 16.5. The van der Waals surface area contributed by atoms with Gasteiger partial charge in [0.15, 0.2) is 0 Å². The molecule has 0 fully saturated rings. The van der Waals surface area contributed by atoms with E-state index in [2.05, 4.69) is 11.3 Å². The van der Waals surface area contributed by atoms with Gasteiger partial charge in [-0.15, -0.1) is 6.58 Å². The Bertz CT molecular complexity index is 303. The summed E-state index contributed by atoms with van der Waals surface area (Å²) in [6, 6.07) is 0. The number of esters is 1. The summed E-state index contributed by atoms with van der Waals surface area (Å²) < 4.78 is 9.44. The van der Waals surface area contributed by atoms with Crippen molar-refractivity contribution in [3.8, 4) is 0 Å². The molecule has 0 aliphatic heterocycles. The topological polar surface area (TPSA) is 72.8 Å². The smallest absolute Gasteiger partial charge is 0.371 e. The van der Waals surface area contributed by atoms with Crippen LogP contribution in [0.1, 0.15) is 19.8 Å². The minimum atomic E-state index is -1.28. The summed E-state index contributed by atoms with van der Waals surface area (Å²) in [6.45, 7) is 5.34. The number of carbonyl (C=O) groups excluding carboxylic acids is 1. The maximum absolute atomic E-state index is 11.5. The van der Waals surface area contributed by atoms with Gasteiger partial charge in [0, 0.05) is 0 Å². The number of carbonyl (C=O) groups is 2. The van der Waals surface area contributed by atoms with Gasteiger partial charge in [0.05, 0.1) is 19.3 Å². The van der Waals surface area contributed by atoms with Gasteiger partial charge in [-0.05, 0) is 19.8 Å². The molecular weight excluding hydrogens is 212 g/mol. The molecule has 0 aromatic rings. The number of carboxylic acids is 1. The maximum atomic E-state index is 11.5. The molecule has 0 amide bonds. The van der Waals surface area contributed by atoms with E-state index in [1.807, 2.05) is 0 Å². The van der Waals surface area contributed by atoms with E-state index in [9.17, 15) is 9.59 Å². The summed E-state index contributed by atoms with van der Waals surface area (Å²) in [5.41, 5.74) is 0.0248. The average Bonchev–Trinajstić information content (AvgIpc) is 2.23. The zero-order valence-electron chi connectivity index (χ0n) is 9.49. The lowest BCUT2D eigenvalue weighted by molar-refractivity contribution is -0.141. The Morgan fingerprint density at radius 3 is 2.44 bits per heavy atom. The Labute approximate surface area is 94.4 Å². The highest BCUT2D eigenvalue weighted by molar-refractivity contribution is 5.98. The molecule has 0 aliphatic rings. The van der Waals surface area contributed by atoms with Crippen LogP contribution in [0.25, 0.3) is 0 Å². The van der Waals surface area contributed by atoms with Crippen molar-refractivity contribution in [2.75, 3.05) is 13.7 Å². The van der Waals surface area contributed by atoms with Crippen molar-refractivity contribution < 1.29 is 24.2 Å². The number of rotatable bonds is 7. The molecule has 0 spiro atoms. The molecule has 0 bridgehead atoms. The number of allylic oxidation sites excluding steroid dienone is 1. The van der Waals surface area contributed by atoms with Crippen LogP contribution in [0.15, 0.2) is 24.0 Å². The highest BCUT2D eigenvalue weighted by Crippen LogP contribution is 2.15. The van der Waals surface area contributed by atoms with Crippen LogP contribution in [-0.2, 0) is 19.1 Å². The van der Waals surface area contributed by atoms with Crippen molar-refractivity contribution in [1.29, 1.82) is 0 Å². The first-order chi connectivity index (χ1) is 7.58. The summed E-state index contributed by atoms with van der Waals surface area (Å²) >= 11 is 0. The predicted octanol–water partition coefficient (Wildman–Crippen LogP) is 1.50. The average molecular weight is 228 g/mol. The van der Waals surface area contributed by atoms with E-state index in [1.165, 1.54) is 7.11 Å². The van der Waals surface area contributed by atoms with Gasteiger partial charge in [-0.2, -0.15) is 0 Å². The molecule has 0 saturated heterocycles. The fraction of sp³-hybridized carbons (Fsp3) is 0.455. The van der Waals surface area contributed by atoms with E-state index in [0.717, 1.165) is 0 Å². The van der Waals surface area contributed by atoms with Crippen molar-refractivity contribution in [2.24, 2.45) is 0 Å². The van der Waals surface area contributed by atoms with Crippen LogP contribution in [0, 0.1) is 0 Å². The van der Waals surface area contributed by atoms with Gasteiger partial charge in [-0.25, -0.2) is 9.59 Å². The lowest BCUT2D eigenvalue weighted by Gasteiger charge is -2.09. The van der Waals surface area contributed by atoms with Crippen LogP contribution >= 0.6 is 0 Å². The molecule has 0 radical (unpaired) electrons. The van der Waals surface area contributed by atoms with E-state index in [1.54, 1.807) is 13.0 Å². The lowest BCUT2D eigenvalue weighted by Crippen LogP contribution is -2.15. The lowest BCUT2D eigenvalue weighted by atomic mass is 10.1. The first-order valence-electron chi connectivity index (χ1n) is 4.86. The first kappa shape index (κ1) is 14.2. The van der Waals surface area contributed by atoms with Gasteiger partial charge in [-0.1, -0.05) is 6.08 Å². The molecule has 0 aromatic carbocycles. The van der Waals surface area contributed by atoms with Crippen molar-refractivity contribution >= 4 is 11.9 Å². The molecule has 0 rings (SSSR count). The van der Waals surface area contributed by atoms with E-state index >= 15 is 0 Å². The van der Waals surface area contributed by atoms with Gasteiger partial charge in [0.25, 0.3) is 0 Å². The van der Waals surface area contributed by atoms with Crippen molar-refractivity contribution in [3.05, 3.63) is 24.0 Å². The van der Waals surface area contributed by atoms with Gasteiger partial charge in [0.2, 0.25) is 5.76 Å². The molecule has 0 aliphatic carbocycles. The zero-order valence-corrected chi connectivity index (χ0v) is 9.49. The second-order valence-electron chi connectivity index (χ2n) is 2.86. The summed E-state index contributed by atoms with van der Waals surface area (Å²) in [7, 11) is 1.20. The summed E-state index contributed by atoms with van der Waals surface area (Å²) in [6.07, 6.45) is 2.31. The molecule has 5 heteroatoms. The minimum absolute atomic E-state index is 0.0248. The quantitative estimate of drug-likeness (QED) is 0.309. The third-order valence-electron chi connectivity index (χ3n) is 1.79. The molecular formula is C11H16O5. The number of hydrogen-bond donors (Lipinski definition) is 1. The van der Waals surface area contributed by atoms with E-state index in [4.69, 9.17) is 9.84 Å². The van der Waals surface area contributed by atoms with Gasteiger partial charge < -0.3 is 14.6 Å². The maximum Gasteiger partial charge on any atom is 0.371 e. The fourth-order valence-corrected chi connectivity index (χ4v) is 1.11. The SMILES string of the molecule is C=CCC/C(C(=O)OCC)=C(\OC)C(=O)O. The Balaban J connectivity index is 5.08. The summed E-state index contributed by atoms with van der Waals surface area (Å²) in [5.74, 6) is -2.32. The van der Waals surface area contributed by atoms with Crippen LogP contribution in [0.5, 0.6) is 0 Å². The third kappa shape index (κ3) is 4.16. The Morgan fingerprint density at radius 1 is 1.44 bits per heavy atom. The minimum Gasteiger partial charge on any atom is -0.489 e. The van der Waals surface area contributed by atoms with Crippen molar-refractivity contribution in [2.45, 2.75) is 19.8 Å². The third-order valence-corrected chi connectivity index (χ3v) is 1.79. The molecule has 0 saturated carbocycles. The second-order valence-corrected chi connectivity index (χ2v) is 2.86. The van der Waals surface area contributed by atoms with E-state index in [-0.39, 0.29) is 24.4 Å². The molecule has 16 heavy (non-hydrogen) atoms. The van der Waals surface area contributed by atoms with Gasteiger partial charge in [-0.3, -0.25) is 0 Å². The molecule has 0 aromatic heterocycles. The predicted molar refractivity (Wildman–Crippen MR) is 57.7 cm³/mol. The van der Waals surface area contributed by atoms with Crippen LogP contribution in [0.2, 0.25) is 0 Å². The van der Waals surface area contributed by atoms with Crippen LogP contribution in [0.3, 0.4) is 0 Å². The van der Waals surface area contributed by atoms with Crippen LogP contribution < -0.4 is 0 Å². The number of ether oxygens (including phenoxy) is 2. The molecule has 5 nitrogen and oxygen atoms in total. The second kappa shape index (κ2) is 7.50. The van der Waals surface area contributed by atoms with Crippen molar-refractivity contribution in [3.63, 3.8) is 0 Å². The number of aliphatic carboxylic acids is 1. The fourth-order valence-electron chi connectivity index (χ4n) is 1.11. The summed E-state index contributed by atoms with van der Waals surface area (Å²) in [4.78, 5) is 22.3. The monoisotopic (exact) mass is 228 g/mol. The Hall–Kier alpha value is -1.78. The highest BCUT2D eigenvalue weighted by Gasteiger charge is 2.21. The number of methoxy groups -OCH3 is 1. The van der Waals surface area contributed by atoms with Gasteiger partial charge >= 0.3 is 11.9 Å². The number of hydrogen-bond acceptors (Lipinski definition) is 4. The Kier molecular flexibility index (Phi) is 6.67. The summed E-state index contributed by atoms with van der Waals surface area (Å²) in [5, 5.41) is 8.84. The molecule has 1 N–H and O–H groups in total. The standard InChI is InChI=1S/C11H16O5/c1-4-6-7-8(11(14)16-5-2)9(15-3)10(12)13/h4H,1,5-7H2,2-3H3,(H,12,13)/b9-8+. The van der Waals surface area contributed by atoms with E-state index < -0.39 is 11.9 Å². The van der Waals surface area contributed by atoms with Gasteiger partial charge in [0.1, 0.15) is 0 Å². The largest absolute Gasteiger partial charge is 0.489 e. The normalized spacial score (nSPS) is 11.4.